The highest BCUT2D eigenvalue weighted by Crippen LogP contribution is 2.36. The molecule has 0 radical (unpaired) electrons. The predicted molar refractivity (Wildman–Crippen MR) is 125 cm³/mol. The van der Waals surface area contributed by atoms with Gasteiger partial charge in [0.1, 0.15) is 6.61 Å². The number of hydrogen-bond acceptors (Lipinski definition) is 5. The van der Waals surface area contributed by atoms with E-state index in [4.69, 9.17) is 9.16 Å². The molecule has 9 heteroatoms. The summed E-state index contributed by atoms with van der Waals surface area (Å²) in [6.45, 7) is 14.0. The zero-order valence-electron chi connectivity index (χ0n) is 19.3. The monoisotopic (exact) mass is 466 g/mol. The van der Waals surface area contributed by atoms with Crippen molar-refractivity contribution in [3.63, 3.8) is 0 Å². The van der Waals surface area contributed by atoms with Crippen LogP contribution in [0.5, 0.6) is 0 Å². The van der Waals surface area contributed by atoms with Crippen molar-refractivity contribution in [2.75, 3.05) is 19.8 Å². The number of benzene rings is 1. The molecule has 31 heavy (non-hydrogen) atoms. The van der Waals surface area contributed by atoms with Crippen molar-refractivity contribution in [2.45, 2.75) is 63.6 Å². The molecule has 7 nitrogen and oxygen atoms in total. The Bertz CT molecular complexity index is 932. The van der Waals surface area contributed by atoms with Crippen LogP contribution in [0.4, 0.5) is 4.79 Å². The number of amidine groups is 1. The van der Waals surface area contributed by atoms with Gasteiger partial charge in [0.25, 0.3) is 10.0 Å². The topological polar surface area (TPSA) is 85.3 Å². The van der Waals surface area contributed by atoms with Crippen molar-refractivity contribution >= 4 is 30.3 Å². The Labute approximate surface area is 187 Å². The minimum atomic E-state index is -3.95. The van der Waals surface area contributed by atoms with E-state index in [9.17, 15) is 13.2 Å². The van der Waals surface area contributed by atoms with Gasteiger partial charge in [-0.1, -0.05) is 44.5 Å². The van der Waals surface area contributed by atoms with Gasteiger partial charge in [-0.05, 0) is 56.1 Å². The maximum absolute atomic E-state index is 12.7. The Kier molecular flexibility index (Phi) is 8.24. The number of amides is 1. The molecule has 0 saturated carbocycles. The SMILES string of the molecule is Cc1ccc(S(=O)(=O)/N=C(/C=C/CCCO[Si](C)(C)C(C)(C)C)N2CCOC2=O)cc1. The van der Waals surface area contributed by atoms with Gasteiger partial charge < -0.3 is 9.16 Å². The molecule has 172 valence electrons. The summed E-state index contributed by atoms with van der Waals surface area (Å²) in [7, 11) is -5.74. The second kappa shape index (κ2) is 10.1. The summed E-state index contributed by atoms with van der Waals surface area (Å²) in [6.07, 6.45) is 4.28. The van der Waals surface area contributed by atoms with Crippen LogP contribution in [0.2, 0.25) is 18.1 Å². The third-order valence-corrected chi connectivity index (χ3v) is 11.5. The first kappa shape index (κ1) is 25.3. The van der Waals surface area contributed by atoms with Gasteiger partial charge in [-0.25, -0.2) is 4.79 Å². The van der Waals surface area contributed by atoms with Crippen molar-refractivity contribution in [1.29, 1.82) is 0 Å². The third-order valence-electron chi connectivity index (χ3n) is 5.62. The molecule has 0 aromatic heterocycles. The summed E-state index contributed by atoms with van der Waals surface area (Å²) in [6, 6.07) is 6.45. The molecule has 1 aliphatic heterocycles. The summed E-state index contributed by atoms with van der Waals surface area (Å²) in [5.41, 5.74) is 0.950. The van der Waals surface area contributed by atoms with Gasteiger partial charge in [0.05, 0.1) is 11.4 Å². The molecule has 1 aromatic rings. The number of carbonyl (C=O) groups excluding carboxylic acids is 1. The van der Waals surface area contributed by atoms with Crippen molar-refractivity contribution < 1.29 is 22.4 Å². The van der Waals surface area contributed by atoms with Crippen molar-refractivity contribution in [3.8, 4) is 0 Å². The average Bonchev–Trinajstić information content (AvgIpc) is 3.08. The fourth-order valence-corrected chi connectivity index (χ4v) is 4.67. The first-order valence-corrected chi connectivity index (χ1v) is 14.8. The highest BCUT2D eigenvalue weighted by Gasteiger charge is 2.36. The van der Waals surface area contributed by atoms with Gasteiger partial charge in [0.2, 0.25) is 0 Å². The van der Waals surface area contributed by atoms with Gasteiger partial charge in [-0.15, -0.1) is 4.40 Å². The number of unbranched alkanes of at least 4 members (excludes halogenated alkanes) is 1. The fraction of sp³-hybridized carbons (Fsp3) is 0.545. The Hall–Kier alpha value is -1.97. The van der Waals surface area contributed by atoms with Crippen molar-refractivity contribution in [1.82, 2.24) is 4.90 Å². The number of ether oxygens (including phenoxy) is 1. The summed E-state index contributed by atoms with van der Waals surface area (Å²) in [4.78, 5) is 13.3. The van der Waals surface area contributed by atoms with Gasteiger partial charge in [-0.3, -0.25) is 4.90 Å². The van der Waals surface area contributed by atoms with Crippen LogP contribution < -0.4 is 0 Å². The number of nitrogens with zero attached hydrogens (tertiary/aromatic N) is 2. The van der Waals surface area contributed by atoms with Crippen LogP contribution >= 0.6 is 0 Å². The molecule has 1 saturated heterocycles. The molecule has 1 amide bonds. The van der Waals surface area contributed by atoms with E-state index in [1.54, 1.807) is 18.2 Å². The minimum Gasteiger partial charge on any atom is -0.447 e. The molecule has 0 bridgehead atoms. The van der Waals surface area contributed by atoms with Crippen molar-refractivity contribution in [2.24, 2.45) is 4.40 Å². The second-order valence-electron chi connectivity index (χ2n) is 9.16. The number of rotatable bonds is 8. The van der Waals surface area contributed by atoms with E-state index in [0.29, 0.717) is 13.0 Å². The number of cyclic esters (lactones) is 1. The number of allylic oxidation sites excluding steroid dienone is 1. The summed E-state index contributed by atoms with van der Waals surface area (Å²) in [5, 5.41) is 0.156. The van der Waals surface area contributed by atoms with Crippen LogP contribution in [0.15, 0.2) is 45.7 Å². The molecule has 0 aliphatic carbocycles. The highest BCUT2D eigenvalue weighted by atomic mass is 32.2. The normalized spacial score (nSPS) is 16.3. The van der Waals surface area contributed by atoms with Crippen LogP contribution in [0.3, 0.4) is 0 Å². The summed E-state index contributed by atoms with van der Waals surface area (Å²) < 4.78 is 40.5. The molecule has 2 rings (SSSR count). The molecule has 1 aromatic carbocycles. The van der Waals surface area contributed by atoms with Crippen LogP contribution in [0, 0.1) is 6.92 Å². The number of sulfonamides is 1. The van der Waals surface area contributed by atoms with E-state index >= 15 is 0 Å². The van der Waals surface area contributed by atoms with E-state index in [-0.39, 0.29) is 28.9 Å². The fourth-order valence-electron chi connectivity index (χ4n) is 2.59. The number of aryl methyl sites for hydroxylation is 1. The standard InChI is InChI=1S/C22H34N2O5SSi/c1-18-11-13-19(14-12-18)30(26,27)23-20(24-15-17-28-21(24)25)10-8-7-9-16-29-31(5,6)22(2,3)4/h8,10-14H,7,9,15-17H2,1-6H3/b10-8+,23-20-. The van der Waals surface area contributed by atoms with Gasteiger partial charge in [-0.2, -0.15) is 8.42 Å². The Morgan fingerprint density at radius 2 is 1.90 bits per heavy atom. The van der Waals surface area contributed by atoms with Crippen LogP contribution in [0.1, 0.15) is 39.2 Å². The first-order valence-electron chi connectivity index (χ1n) is 10.5. The molecule has 0 unspecified atom stereocenters. The lowest BCUT2D eigenvalue weighted by Crippen LogP contribution is -2.40. The van der Waals surface area contributed by atoms with Crippen LogP contribution in [0.25, 0.3) is 0 Å². The molecule has 1 fully saturated rings. The van der Waals surface area contributed by atoms with E-state index in [0.717, 1.165) is 12.0 Å². The Balaban J connectivity index is 2.10. The molecule has 1 aliphatic rings. The molecule has 0 spiro atoms. The van der Waals surface area contributed by atoms with E-state index in [2.05, 4.69) is 38.3 Å². The first-order chi connectivity index (χ1) is 14.3. The molecule has 0 N–H and O–H groups in total. The maximum atomic E-state index is 12.7. The Morgan fingerprint density at radius 3 is 2.45 bits per heavy atom. The number of hydrogen-bond donors (Lipinski definition) is 0. The second-order valence-corrected chi connectivity index (χ2v) is 15.6. The highest BCUT2D eigenvalue weighted by molar-refractivity contribution is 7.90. The van der Waals surface area contributed by atoms with Crippen LogP contribution in [-0.2, 0) is 19.2 Å². The van der Waals surface area contributed by atoms with Crippen LogP contribution in [-0.4, -0.2) is 53.3 Å². The Morgan fingerprint density at radius 1 is 1.26 bits per heavy atom. The quantitative estimate of drug-likeness (QED) is 0.236. The summed E-state index contributed by atoms with van der Waals surface area (Å²) in [5.74, 6) is 0.0633. The lowest BCUT2D eigenvalue weighted by atomic mass is 10.2. The lowest BCUT2D eigenvalue weighted by molar-refractivity contribution is 0.169. The van der Waals surface area contributed by atoms with E-state index in [1.807, 2.05) is 13.0 Å². The minimum absolute atomic E-state index is 0.0633. The summed E-state index contributed by atoms with van der Waals surface area (Å²) >= 11 is 0. The van der Waals surface area contributed by atoms with E-state index < -0.39 is 24.4 Å². The van der Waals surface area contributed by atoms with E-state index in [1.165, 1.54) is 17.0 Å². The third kappa shape index (κ3) is 7.01. The maximum Gasteiger partial charge on any atom is 0.415 e. The predicted octanol–water partition coefficient (Wildman–Crippen LogP) is 4.89. The molecule has 0 atom stereocenters. The smallest absolute Gasteiger partial charge is 0.415 e. The molecule has 1 heterocycles. The largest absolute Gasteiger partial charge is 0.447 e. The van der Waals surface area contributed by atoms with Crippen molar-refractivity contribution in [3.05, 3.63) is 42.0 Å². The number of carbonyl (C=O) groups is 1. The zero-order chi connectivity index (χ0) is 23.3. The molecular formula is C22H34N2O5SSi. The molecular weight excluding hydrogens is 432 g/mol. The zero-order valence-corrected chi connectivity index (χ0v) is 21.2. The average molecular weight is 467 g/mol. The van der Waals surface area contributed by atoms with Gasteiger partial charge >= 0.3 is 6.09 Å². The van der Waals surface area contributed by atoms with Gasteiger partial charge in [0.15, 0.2) is 14.2 Å². The lowest BCUT2D eigenvalue weighted by Gasteiger charge is -2.36. The van der Waals surface area contributed by atoms with Gasteiger partial charge in [0, 0.05) is 6.61 Å².